The number of aryl methyl sites for hydroxylation is 1. The van der Waals surface area contributed by atoms with Crippen LogP contribution in [-0.2, 0) is 25.7 Å². The van der Waals surface area contributed by atoms with E-state index in [-0.39, 0.29) is 25.4 Å². The standard InChI is InChI=1S/C16H18BrN3O4/c1-24-16(23)10-19-15(22)9-18-14(21)5-7-20-6-4-11-2-3-12(17)8-13(11)20/h2-4,6,8H,5,7,9-10H2,1H3,(H,18,21)(H,19,22). The molecule has 2 amide bonds. The first kappa shape index (κ1) is 18.0. The number of nitrogens with zero attached hydrogens (tertiary/aromatic N) is 1. The van der Waals surface area contributed by atoms with Gasteiger partial charge in [0.05, 0.1) is 13.7 Å². The Morgan fingerprint density at radius 2 is 1.88 bits per heavy atom. The number of carbonyl (C=O) groups is 3. The average Bonchev–Trinajstić information content (AvgIpc) is 2.97. The Kier molecular flexibility index (Phi) is 6.36. The number of aromatic nitrogens is 1. The molecule has 0 saturated heterocycles. The van der Waals surface area contributed by atoms with Crippen molar-refractivity contribution in [2.75, 3.05) is 20.2 Å². The first-order chi connectivity index (χ1) is 11.5. The lowest BCUT2D eigenvalue weighted by molar-refractivity contribution is -0.141. The van der Waals surface area contributed by atoms with E-state index in [1.54, 1.807) is 0 Å². The number of hydrogen-bond acceptors (Lipinski definition) is 4. The van der Waals surface area contributed by atoms with Crippen molar-refractivity contribution in [1.29, 1.82) is 0 Å². The topological polar surface area (TPSA) is 89.4 Å². The molecule has 24 heavy (non-hydrogen) atoms. The summed E-state index contributed by atoms with van der Waals surface area (Å²) < 4.78 is 7.36. The van der Waals surface area contributed by atoms with Crippen LogP contribution in [0, 0.1) is 0 Å². The molecule has 0 aliphatic rings. The van der Waals surface area contributed by atoms with Gasteiger partial charge in [0.15, 0.2) is 0 Å². The normalized spacial score (nSPS) is 10.4. The number of esters is 1. The summed E-state index contributed by atoms with van der Waals surface area (Å²) in [6.45, 7) is 0.124. The van der Waals surface area contributed by atoms with Crippen LogP contribution in [-0.4, -0.2) is 42.6 Å². The first-order valence-corrected chi connectivity index (χ1v) is 8.13. The lowest BCUT2D eigenvalue weighted by Gasteiger charge is -2.08. The van der Waals surface area contributed by atoms with Gasteiger partial charge >= 0.3 is 5.97 Å². The van der Waals surface area contributed by atoms with Crippen LogP contribution >= 0.6 is 15.9 Å². The van der Waals surface area contributed by atoms with Gasteiger partial charge in [0, 0.05) is 29.2 Å². The molecule has 7 nitrogen and oxygen atoms in total. The maximum Gasteiger partial charge on any atom is 0.325 e. The number of ether oxygens (including phenoxy) is 1. The van der Waals surface area contributed by atoms with Crippen LogP contribution in [0.15, 0.2) is 34.9 Å². The first-order valence-electron chi connectivity index (χ1n) is 7.34. The summed E-state index contributed by atoms with van der Waals surface area (Å²) in [6.07, 6.45) is 2.17. The third-order valence-corrected chi connectivity index (χ3v) is 3.91. The maximum absolute atomic E-state index is 11.8. The van der Waals surface area contributed by atoms with E-state index in [0.29, 0.717) is 6.54 Å². The van der Waals surface area contributed by atoms with Crippen LogP contribution in [0.3, 0.4) is 0 Å². The Hall–Kier alpha value is -2.35. The number of rotatable bonds is 7. The quantitative estimate of drug-likeness (QED) is 0.689. The van der Waals surface area contributed by atoms with Gasteiger partial charge < -0.3 is 19.9 Å². The smallest absolute Gasteiger partial charge is 0.325 e. The molecule has 128 valence electrons. The van der Waals surface area contributed by atoms with Gasteiger partial charge in [-0.05, 0) is 23.6 Å². The van der Waals surface area contributed by atoms with Gasteiger partial charge in [-0.15, -0.1) is 0 Å². The van der Waals surface area contributed by atoms with Crippen LogP contribution < -0.4 is 10.6 Å². The molecule has 0 aliphatic carbocycles. The second kappa shape index (κ2) is 8.49. The predicted molar refractivity (Wildman–Crippen MR) is 92.3 cm³/mol. The third kappa shape index (κ3) is 5.09. The molecule has 1 aromatic carbocycles. The molecule has 0 radical (unpaired) electrons. The number of hydrogen-bond donors (Lipinski definition) is 2. The van der Waals surface area contributed by atoms with E-state index < -0.39 is 11.9 Å². The molecule has 0 fully saturated rings. The molecule has 1 heterocycles. The van der Waals surface area contributed by atoms with Crippen LogP contribution in [0.2, 0.25) is 0 Å². The molecular formula is C16H18BrN3O4. The molecule has 2 rings (SSSR count). The minimum atomic E-state index is -0.541. The predicted octanol–water partition coefficient (Wildman–Crippen LogP) is 1.20. The van der Waals surface area contributed by atoms with Gasteiger partial charge in [-0.3, -0.25) is 14.4 Å². The summed E-state index contributed by atoms with van der Waals surface area (Å²) in [5.74, 6) is -1.22. The molecule has 0 spiro atoms. The minimum Gasteiger partial charge on any atom is -0.468 e. The zero-order valence-corrected chi connectivity index (χ0v) is 14.8. The van der Waals surface area contributed by atoms with Crippen molar-refractivity contribution >= 4 is 44.6 Å². The molecule has 0 atom stereocenters. The highest BCUT2D eigenvalue weighted by Gasteiger charge is 2.08. The Bertz CT molecular complexity index is 757. The average molecular weight is 396 g/mol. The Morgan fingerprint density at radius 1 is 1.12 bits per heavy atom. The summed E-state index contributed by atoms with van der Waals surface area (Å²) in [5, 5.41) is 5.97. The number of methoxy groups -OCH3 is 1. The molecule has 0 bridgehead atoms. The van der Waals surface area contributed by atoms with Crippen molar-refractivity contribution in [3.05, 3.63) is 34.9 Å². The van der Waals surface area contributed by atoms with Crippen molar-refractivity contribution < 1.29 is 19.1 Å². The molecule has 0 unspecified atom stereocenters. The van der Waals surface area contributed by atoms with Gasteiger partial charge in [-0.2, -0.15) is 0 Å². The lowest BCUT2D eigenvalue weighted by atomic mass is 10.2. The van der Waals surface area contributed by atoms with Crippen LogP contribution in [0.5, 0.6) is 0 Å². The Balaban J connectivity index is 1.77. The number of carbonyl (C=O) groups excluding carboxylic acids is 3. The van der Waals surface area contributed by atoms with E-state index >= 15 is 0 Å². The maximum atomic E-state index is 11.8. The molecule has 0 saturated carbocycles. The molecule has 1 aromatic heterocycles. The van der Waals surface area contributed by atoms with E-state index in [9.17, 15) is 14.4 Å². The number of nitrogens with one attached hydrogen (secondary N) is 2. The molecule has 2 N–H and O–H groups in total. The molecule has 8 heteroatoms. The van der Waals surface area contributed by atoms with Crippen molar-refractivity contribution in [3.63, 3.8) is 0 Å². The summed E-state index contributed by atoms with van der Waals surface area (Å²) in [7, 11) is 1.24. The second-order valence-electron chi connectivity index (χ2n) is 5.09. The van der Waals surface area contributed by atoms with Gasteiger partial charge in [0.1, 0.15) is 6.54 Å². The van der Waals surface area contributed by atoms with Crippen LogP contribution in [0.4, 0.5) is 0 Å². The van der Waals surface area contributed by atoms with E-state index in [4.69, 9.17) is 0 Å². The van der Waals surface area contributed by atoms with Gasteiger partial charge in [0.2, 0.25) is 11.8 Å². The molecule has 0 aliphatic heterocycles. The highest BCUT2D eigenvalue weighted by molar-refractivity contribution is 9.10. The lowest BCUT2D eigenvalue weighted by Crippen LogP contribution is -2.39. The zero-order valence-electron chi connectivity index (χ0n) is 13.2. The van der Waals surface area contributed by atoms with Gasteiger partial charge in [0.25, 0.3) is 0 Å². The second-order valence-corrected chi connectivity index (χ2v) is 6.01. The highest BCUT2D eigenvalue weighted by atomic mass is 79.9. The fourth-order valence-corrected chi connectivity index (χ4v) is 2.50. The number of fused-ring (bicyclic) bond motifs is 1. The summed E-state index contributed by atoms with van der Waals surface area (Å²) in [6, 6.07) is 7.95. The van der Waals surface area contributed by atoms with Crippen LogP contribution in [0.1, 0.15) is 6.42 Å². The summed E-state index contributed by atoms with van der Waals surface area (Å²) >= 11 is 3.43. The number of halogens is 1. The minimum absolute atomic E-state index is 0.173. The monoisotopic (exact) mass is 395 g/mol. The fraction of sp³-hybridized carbons (Fsp3) is 0.312. The SMILES string of the molecule is COC(=O)CNC(=O)CNC(=O)CCn1ccc2ccc(Br)cc21. The largest absolute Gasteiger partial charge is 0.468 e. The van der Waals surface area contributed by atoms with Gasteiger partial charge in [-0.1, -0.05) is 22.0 Å². The van der Waals surface area contributed by atoms with E-state index in [1.807, 2.05) is 35.0 Å². The number of benzene rings is 1. The van der Waals surface area contributed by atoms with Crippen molar-refractivity contribution in [1.82, 2.24) is 15.2 Å². The highest BCUT2D eigenvalue weighted by Crippen LogP contribution is 2.21. The third-order valence-electron chi connectivity index (χ3n) is 3.42. The van der Waals surface area contributed by atoms with E-state index in [1.165, 1.54) is 7.11 Å². The molecular weight excluding hydrogens is 378 g/mol. The number of amides is 2. The summed E-state index contributed by atoms with van der Waals surface area (Å²) in [4.78, 5) is 34.2. The Labute approximate surface area is 147 Å². The zero-order chi connectivity index (χ0) is 17.5. The summed E-state index contributed by atoms with van der Waals surface area (Å²) in [5.41, 5.74) is 1.04. The molecule has 2 aromatic rings. The van der Waals surface area contributed by atoms with E-state index in [0.717, 1.165) is 15.4 Å². The Morgan fingerprint density at radius 3 is 2.62 bits per heavy atom. The van der Waals surface area contributed by atoms with Crippen molar-refractivity contribution in [2.24, 2.45) is 0 Å². The van der Waals surface area contributed by atoms with Gasteiger partial charge in [-0.25, -0.2) is 0 Å². The fourth-order valence-electron chi connectivity index (χ4n) is 2.15. The van der Waals surface area contributed by atoms with E-state index in [2.05, 4.69) is 31.3 Å². The van der Waals surface area contributed by atoms with Crippen LogP contribution in [0.25, 0.3) is 10.9 Å². The van der Waals surface area contributed by atoms with Crippen molar-refractivity contribution in [2.45, 2.75) is 13.0 Å². The van der Waals surface area contributed by atoms with Crippen molar-refractivity contribution in [3.8, 4) is 0 Å².